The third kappa shape index (κ3) is 3.32. The lowest BCUT2D eigenvalue weighted by molar-refractivity contribution is -0.122. The van der Waals surface area contributed by atoms with Crippen molar-refractivity contribution in [2.24, 2.45) is 17.8 Å². The summed E-state index contributed by atoms with van der Waals surface area (Å²) in [4.78, 5) is 14.8. The maximum atomic E-state index is 12.4. The van der Waals surface area contributed by atoms with Crippen LogP contribution in [0.15, 0.2) is 22.8 Å². The van der Waals surface area contributed by atoms with Crippen molar-refractivity contribution in [3.8, 4) is 0 Å². The summed E-state index contributed by atoms with van der Waals surface area (Å²) < 4.78 is 5.62. The number of carbonyl (C=O) groups excluding carboxylic acids is 1. The van der Waals surface area contributed by atoms with Crippen LogP contribution in [0.25, 0.3) is 0 Å². The Labute approximate surface area is 138 Å². The van der Waals surface area contributed by atoms with Gasteiger partial charge in [-0.25, -0.2) is 0 Å². The molecule has 1 aliphatic heterocycles. The van der Waals surface area contributed by atoms with Crippen LogP contribution < -0.4 is 5.32 Å². The maximum absolute atomic E-state index is 12.4. The summed E-state index contributed by atoms with van der Waals surface area (Å²) in [5.41, 5.74) is 0. The molecule has 2 bridgehead atoms. The van der Waals surface area contributed by atoms with Crippen LogP contribution in [0.5, 0.6) is 0 Å². The third-order valence-corrected chi connectivity index (χ3v) is 6.28. The van der Waals surface area contributed by atoms with Crippen molar-refractivity contribution >= 4 is 5.91 Å². The summed E-state index contributed by atoms with van der Waals surface area (Å²) in [6, 6.07) is 4.16. The Morgan fingerprint density at radius 2 is 2.17 bits per heavy atom. The third-order valence-electron chi connectivity index (χ3n) is 6.28. The van der Waals surface area contributed by atoms with Crippen molar-refractivity contribution in [1.82, 2.24) is 10.2 Å². The topological polar surface area (TPSA) is 45.5 Å². The van der Waals surface area contributed by atoms with Gasteiger partial charge >= 0.3 is 0 Å². The Kier molecular flexibility index (Phi) is 4.43. The zero-order chi connectivity index (χ0) is 15.6. The lowest BCUT2D eigenvalue weighted by Crippen LogP contribution is -2.37. The highest BCUT2D eigenvalue weighted by molar-refractivity contribution is 5.76. The minimum absolute atomic E-state index is 0.191. The highest BCUT2D eigenvalue weighted by Gasteiger charge is 2.40. The van der Waals surface area contributed by atoms with Gasteiger partial charge < -0.3 is 9.73 Å². The van der Waals surface area contributed by atoms with Crippen molar-refractivity contribution in [1.29, 1.82) is 0 Å². The molecule has 4 atom stereocenters. The number of hydrogen-bond donors (Lipinski definition) is 1. The quantitative estimate of drug-likeness (QED) is 0.875. The van der Waals surface area contributed by atoms with Gasteiger partial charge in [0.2, 0.25) is 5.91 Å². The van der Waals surface area contributed by atoms with Crippen molar-refractivity contribution in [2.75, 3.05) is 19.6 Å². The fraction of sp³-hybridized carbons (Fsp3) is 0.737. The second-order valence-electron chi connectivity index (χ2n) is 7.72. The largest absolute Gasteiger partial charge is 0.468 e. The first kappa shape index (κ1) is 15.3. The molecule has 3 aliphatic rings. The molecule has 4 rings (SSSR count). The number of carbonyl (C=O) groups is 1. The first-order valence-electron chi connectivity index (χ1n) is 9.34. The molecule has 0 unspecified atom stereocenters. The SMILES string of the molecule is O=C(C[C@H]1C[C@H]2CC[C@H]1C2)NC[C@@H](c1ccco1)N1CCCC1. The molecule has 4 nitrogen and oxygen atoms in total. The van der Waals surface area contributed by atoms with E-state index in [1.54, 1.807) is 6.26 Å². The Hall–Kier alpha value is -1.29. The smallest absolute Gasteiger partial charge is 0.220 e. The van der Waals surface area contributed by atoms with Gasteiger partial charge in [-0.3, -0.25) is 9.69 Å². The number of nitrogens with zero attached hydrogens (tertiary/aromatic N) is 1. The Morgan fingerprint density at radius 3 is 2.83 bits per heavy atom. The molecule has 1 aromatic rings. The molecule has 23 heavy (non-hydrogen) atoms. The summed E-state index contributed by atoms with van der Waals surface area (Å²) in [6.45, 7) is 2.88. The Balaban J connectivity index is 1.31. The minimum atomic E-state index is 0.191. The Bertz CT molecular complexity index is 521. The minimum Gasteiger partial charge on any atom is -0.468 e. The number of rotatable bonds is 6. The fourth-order valence-corrected chi connectivity index (χ4v) is 5.09. The van der Waals surface area contributed by atoms with Crippen molar-refractivity contribution < 1.29 is 9.21 Å². The van der Waals surface area contributed by atoms with Gasteiger partial charge in [0, 0.05) is 13.0 Å². The molecular weight excluding hydrogens is 288 g/mol. The summed E-state index contributed by atoms with van der Waals surface area (Å²) in [7, 11) is 0. The molecule has 2 heterocycles. The van der Waals surface area contributed by atoms with Crippen molar-refractivity contribution in [3.05, 3.63) is 24.2 Å². The van der Waals surface area contributed by atoms with Gasteiger partial charge in [0.25, 0.3) is 0 Å². The second kappa shape index (κ2) is 6.68. The highest BCUT2D eigenvalue weighted by atomic mass is 16.3. The molecule has 4 heteroatoms. The van der Waals surface area contributed by atoms with E-state index in [-0.39, 0.29) is 11.9 Å². The monoisotopic (exact) mass is 316 g/mol. The van der Waals surface area contributed by atoms with Gasteiger partial charge in [-0.2, -0.15) is 0 Å². The van der Waals surface area contributed by atoms with Crippen LogP contribution in [-0.2, 0) is 4.79 Å². The first-order chi connectivity index (χ1) is 11.3. The summed E-state index contributed by atoms with van der Waals surface area (Å²) in [5.74, 6) is 3.59. The number of likely N-dealkylation sites (tertiary alicyclic amines) is 1. The van der Waals surface area contributed by atoms with E-state index in [0.29, 0.717) is 12.5 Å². The van der Waals surface area contributed by atoms with E-state index in [0.717, 1.165) is 37.1 Å². The zero-order valence-electron chi connectivity index (χ0n) is 13.9. The molecule has 1 amide bonds. The molecule has 0 radical (unpaired) electrons. The van der Waals surface area contributed by atoms with Gasteiger partial charge in [0.1, 0.15) is 5.76 Å². The molecule has 3 fully saturated rings. The molecule has 0 spiro atoms. The number of amides is 1. The lowest BCUT2D eigenvalue weighted by atomic mass is 9.86. The van der Waals surface area contributed by atoms with Gasteiger partial charge in [-0.15, -0.1) is 0 Å². The average molecular weight is 316 g/mol. The number of nitrogens with one attached hydrogen (secondary N) is 1. The van der Waals surface area contributed by atoms with Crippen LogP contribution in [0.4, 0.5) is 0 Å². The lowest BCUT2D eigenvalue weighted by Gasteiger charge is -2.27. The van der Waals surface area contributed by atoms with Crippen LogP contribution in [0.3, 0.4) is 0 Å². The Morgan fingerprint density at radius 1 is 1.30 bits per heavy atom. The van der Waals surface area contributed by atoms with E-state index < -0.39 is 0 Å². The van der Waals surface area contributed by atoms with Crippen LogP contribution >= 0.6 is 0 Å². The van der Waals surface area contributed by atoms with E-state index in [1.807, 2.05) is 12.1 Å². The van der Waals surface area contributed by atoms with Crippen molar-refractivity contribution in [3.63, 3.8) is 0 Å². The van der Waals surface area contributed by atoms with Crippen LogP contribution in [0.2, 0.25) is 0 Å². The van der Waals surface area contributed by atoms with E-state index in [1.165, 1.54) is 38.5 Å². The van der Waals surface area contributed by atoms with E-state index in [9.17, 15) is 4.79 Å². The maximum Gasteiger partial charge on any atom is 0.220 e. The second-order valence-corrected chi connectivity index (χ2v) is 7.72. The molecule has 1 N–H and O–H groups in total. The average Bonchev–Trinajstić information content (AvgIpc) is 3.33. The molecule has 1 aromatic heterocycles. The van der Waals surface area contributed by atoms with Gasteiger partial charge in [-0.05, 0) is 75.1 Å². The molecule has 126 valence electrons. The van der Waals surface area contributed by atoms with E-state index in [4.69, 9.17) is 4.42 Å². The highest BCUT2D eigenvalue weighted by Crippen LogP contribution is 2.49. The molecule has 2 saturated carbocycles. The number of furan rings is 1. The van der Waals surface area contributed by atoms with E-state index >= 15 is 0 Å². The molecule has 1 saturated heterocycles. The molecular formula is C19H28N2O2. The normalized spacial score (nSPS) is 31.6. The number of fused-ring (bicyclic) bond motifs is 2. The zero-order valence-corrected chi connectivity index (χ0v) is 13.9. The summed E-state index contributed by atoms with van der Waals surface area (Å²) in [5, 5.41) is 3.19. The van der Waals surface area contributed by atoms with Gasteiger partial charge in [0.05, 0.1) is 12.3 Å². The number of hydrogen-bond acceptors (Lipinski definition) is 3. The van der Waals surface area contributed by atoms with Crippen LogP contribution in [-0.4, -0.2) is 30.4 Å². The molecule has 2 aliphatic carbocycles. The summed E-state index contributed by atoms with van der Waals surface area (Å²) in [6.07, 6.45) is 10.4. The van der Waals surface area contributed by atoms with Gasteiger partial charge in [-0.1, -0.05) is 6.42 Å². The van der Waals surface area contributed by atoms with E-state index in [2.05, 4.69) is 10.2 Å². The van der Waals surface area contributed by atoms with Crippen molar-refractivity contribution in [2.45, 2.75) is 51.0 Å². The van der Waals surface area contributed by atoms with Crippen LogP contribution in [0.1, 0.15) is 56.7 Å². The van der Waals surface area contributed by atoms with Gasteiger partial charge in [0.15, 0.2) is 0 Å². The standard InChI is InChI=1S/C19H28N2O2/c22-19(12-16-11-14-5-6-15(16)10-14)20-13-17(18-4-3-9-23-18)21-7-1-2-8-21/h3-4,9,14-17H,1-2,5-8,10-13H2,(H,20,22)/t14-,15-,16+,17-/m0/s1. The van der Waals surface area contributed by atoms with Crippen LogP contribution in [0, 0.1) is 17.8 Å². The first-order valence-corrected chi connectivity index (χ1v) is 9.34. The predicted molar refractivity (Wildman–Crippen MR) is 88.8 cm³/mol. The summed E-state index contributed by atoms with van der Waals surface area (Å²) >= 11 is 0. The fourth-order valence-electron chi connectivity index (χ4n) is 5.09. The predicted octanol–water partition coefficient (Wildman–Crippen LogP) is 3.36. The molecule has 0 aromatic carbocycles.